The number of carboxylic acids is 1. The molecular formula is C5H5N3O4. The van der Waals surface area contributed by atoms with Crippen molar-refractivity contribution < 1.29 is 15.0 Å². The lowest BCUT2D eigenvalue weighted by Gasteiger charge is -1.97. The number of carbonyl (C=O) groups is 1. The van der Waals surface area contributed by atoms with Crippen molar-refractivity contribution in [2.24, 2.45) is 0 Å². The molecule has 7 nitrogen and oxygen atoms in total. The molecule has 0 radical (unpaired) electrons. The van der Waals surface area contributed by atoms with Crippen LogP contribution in [-0.2, 0) is 0 Å². The highest BCUT2D eigenvalue weighted by Crippen LogP contribution is 2.07. The molecule has 1 aromatic heterocycles. The molecule has 0 atom stereocenters. The summed E-state index contributed by atoms with van der Waals surface area (Å²) < 4.78 is 0. The van der Waals surface area contributed by atoms with Gasteiger partial charge in [0, 0.05) is 0 Å². The van der Waals surface area contributed by atoms with Crippen LogP contribution in [-0.4, -0.2) is 26.2 Å². The molecule has 0 saturated carbocycles. The van der Waals surface area contributed by atoms with Gasteiger partial charge in [0.05, 0.1) is 0 Å². The topological polar surface area (TPSA) is 129 Å². The fraction of sp³-hybridized carbons (Fsp3) is 0. The van der Waals surface area contributed by atoms with Crippen LogP contribution in [0.1, 0.15) is 10.5 Å². The molecule has 1 aromatic rings. The minimum absolute atomic E-state index is 0.352. The van der Waals surface area contributed by atoms with Gasteiger partial charge < -0.3 is 15.9 Å². The number of aromatic amines is 1. The van der Waals surface area contributed by atoms with E-state index in [0.29, 0.717) is 0 Å². The number of rotatable bonds is 1. The van der Waals surface area contributed by atoms with Crippen molar-refractivity contribution in [2.45, 2.75) is 0 Å². The van der Waals surface area contributed by atoms with Gasteiger partial charge in [-0.3, -0.25) is 9.78 Å². The minimum atomic E-state index is -1.51. The largest absolute Gasteiger partial charge is 0.501 e. The Labute approximate surface area is 65.5 Å². The molecule has 12 heavy (non-hydrogen) atoms. The third-order valence-corrected chi connectivity index (χ3v) is 1.12. The Hall–Kier alpha value is -2.05. The smallest absolute Gasteiger partial charge is 0.358 e. The molecule has 5 N–H and O–H groups in total. The van der Waals surface area contributed by atoms with E-state index in [2.05, 4.69) is 4.98 Å². The highest BCUT2D eigenvalue weighted by Gasteiger charge is 2.15. The molecule has 0 spiro atoms. The molecule has 0 aliphatic carbocycles. The minimum Gasteiger partial charge on any atom is -0.501 e. The van der Waals surface area contributed by atoms with Gasteiger partial charge in [-0.25, -0.2) is 9.78 Å². The lowest BCUT2D eigenvalue weighted by atomic mass is 10.4. The van der Waals surface area contributed by atoms with Gasteiger partial charge in [-0.05, 0) is 0 Å². The second kappa shape index (κ2) is 2.53. The number of nitrogens with two attached hydrogens (primary N) is 1. The summed E-state index contributed by atoms with van der Waals surface area (Å²) in [6.45, 7) is 0. The summed E-state index contributed by atoms with van der Waals surface area (Å²) in [5.74, 6) is -2.81. The molecule has 64 valence electrons. The van der Waals surface area contributed by atoms with Gasteiger partial charge in [0.25, 0.3) is 5.56 Å². The van der Waals surface area contributed by atoms with Crippen LogP contribution >= 0.6 is 0 Å². The zero-order valence-corrected chi connectivity index (χ0v) is 5.74. The molecule has 0 fully saturated rings. The van der Waals surface area contributed by atoms with E-state index < -0.39 is 23.0 Å². The van der Waals surface area contributed by atoms with Crippen LogP contribution < -0.4 is 11.3 Å². The fourth-order valence-electron chi connectivity index (χ4n) is 0.634. The summed E-state index contributed by atoms with van der Waals surface area (Å²) in [6, 6.07) is 0. The Morgan fingerprint density at radius 1 is 1.58 bits per heavy atom. The number of hydrogen-bond acceptors (Lipinski definition) is 5. The predicted octanol–water partition coefficient (Wildman–Crippen LogP) is -1.24. The van der Waals surface area contributed by atoms with Gasteiger partial charge in [-0.1, -0.05) is 0 Å². The molecule has 0 saturated heterocycles. The van der Waals surface area contributed by atoms with Gasteiger partial charge in [0.1, 0.15) is 0 Å². The molecule has 0 amide bonds. The predicted molar refractivity (Wildman–Crippen MR) is 37.9 cm³/mol. The Kier molecular flexibility index (Phi) is 1.70. The van der Waals surface area contributed by atoms with E-state index in [1.54, 1.807) is 0 Å². The van der Waals surface area contributed by atoms with E-state index in [4.69, 9.17) is 15.9 Å². The number of aromatic hydroxyl groups is 1. The molecule has 0 unspecified atom stereocenters. The van der Waals surface area contributed by atoms with E-state index in [1.807, 2.05) is 4.98 Å². The maximum atomic E-state index is 10.7. The lowest BCUT2D eigenvalue weighted by molar-refractivity contribution is 0.0686. The summed E-state index contributed by atoms with van der Waals surface area (Å²) in [5, 5.41) is 17.2. The number of carboxylic acid groups (broad SMARTS) is 1. The van der Waals surface area contributed by atoms with Crippen molar-refractivity contribution in [1.29, 1.82) is 0 Å². The zero-order chi connectivity index (χ0) is 9.30. The molecule has 1 rings (SSSR count). The molecule has 1 heterocycles. The van der Waals surface area contributed by atoms with E-state index in [1.165, 1.54) is 0 Å². The van der Waals surface area contributed by atoms with Crippen LogP contribution in [0.5, 0.6) is 5.75 Å². The first-order valence-electron chi connectivity index (χ1n) is 2.84. The number of aromatic nitrogens is 2. The monoisotopic (exact) mass is 171 g/mol. The first kappa shape index (κ1) is 8.05. The third-order valence-electron chi connectivity index (χ3n) is 1.12. The Morgan fingerprint density at radius 3 is 2.67 bits per heavy atom. The molecule has 0 aliphatic rings. The molecule has 0 aliphatic heterocycles. The van der Waals surface area contributed by atoms with Crippen LogP contribution in [0, 0.1) is 0 Å². The van der Waals surface area contributed by atoms with Crippen molar-refractivity contribution in [3.63, 3.8) is 0 Å². The maximum Gasteiger partial charge on any atom is 0.358 e. The van der Waals surface area contributed by atoms with Crippen LogP contribution in [0.25, 0.3) is 0 Å². The first-order valence-corrected chi connectivity index (χ1v) is 2.84. The van der Waals surface area contributed by atoms with Crippen molar-refractivity contribution in [3.05, 3.63) is 16.0 Å². The summed E-state index contributed by atoms with van der Waals surface area (Å²) >= 11 is 0. The van der Waals surface area contributed by atoms with Gasteiger partial charge in [-0.15, -0.1) is 0 Å². The van der Waals surface area contributed by atoms with E-state index in [-0.39, 0.29) is 5.95 Å². The molecule has 7 heteroatoms. The number of nitrogen functional groups attached to an aromatic ring is 1. The van der Waals surface area contributed by atoms with Gasteiger partial charge in [0.2, 0.25) is 11.7 Å². The summed E-state index contributed by atoms with van der Waals surface area (Å²) in [7, 11) is 0. The van der Waals surface area contributed by atoms with Gasteiger partial charge in [0.15, 0.2) is 5.69 Å². The average molecular weight is 171 g/mol. The normalized spacial score (nSPS) is 9.67. The maximum absolute atomic E-state index is 10.7. The highest BCUT2D eigenvalue weighted by atomic mass is 16.4. The van der Waals surface area contributed by atoms with E-state index in [0.717, 1.165) is 0 Å². The summed E-state index contributed by atoms with van der Waals surface area (Å²) in [6.07, 6.45) is 0. The number of H-pyrrole nitrogens is 1. The van der Waals surface area contributed by atoms with Crippen molar-refractivity contribution in [2.75, 3.05) is 5.73 Å². The molecule has 0 aromatic carbocycles. The summed E-state index contributed by atoms with van der Waals surface area (Å²) in [4.78, 5) is 26.1. The van der Waals surface area contributed by atoms with Crippen molar-refractivity contribution in [3.8, 4) is 5.75 Å². The SMILES string of the molecule is Nc1nc(C(=O)O)c(O)c(=O)[nH]1. The Morgan fingerprint density at radius 2 is 2.17 bits per heavy atom. The number of aromatic carboxylic acids is 1. The number of nitrogens with zero attached hydrogens (tertiary/aromatic N) is 1. The van der Waals surface area contributed by atoms with Crippen LogP contribution in [0.2, 0.25) is 0 Å². The van der Waals surface area contributed by atoms with Crippen LogP contribution in [0.3, 0.4) is 0 Å². The van der Waals surface area contributed by atoms with Gasteiger partial charge in [-0.2, -0.15) is 0 Å². The van der Waals surface area contributed by atoms with E-state index in [9.17, 15) is 9.59 Å². The van der Waals surface area contributed by atoms with E-state index >= 15 is 0 Å². The Bertz CT molecular complexity index is 383. The number of hydrogen-bond donors (Lipinski definition) is 4. The zero-order valence-electron chi connectivity index (χ0n) is 5.74. The lowest BCUT2D eigenvalue weighted by Crippen LogP contribution is -2.16. The third kappa shape index (κ3) is 1.19. The highest BCUT2D eigenvalue weighted by molar-refractivity contribution is 5.88. The standard InChI is InChI=1S/C5H5N3O4/c6-5-7-1(4(11)12)2(9)3(10)8-5/h9H,(H,11,12)(H3,6,7,8,10). The molecule has 0 bridgehead atoms. The first-order chi connectivity index (χ1) is 5.52. The molecular weight excluding hydrogens is 166 g/mol. The Balaban J connectivity index is 3.48. The second-order valence-corrected chi connectivity index (χ2v) is 1.95. The van der Waals surface area contributed by atoms with Gasteiger partial charge >= 0.3 is 5.97 Å². The number of nitrogens with one attached hydrogen (secondary N) is 1. The van der Waals surface area contributed by atoms with Crippen LogP contribution in [0.4, 0.5) is 5.95 Å². The van der Waals surface area contributed by atoms with Crippen LogP contribution in [0.15, 0.2) is 4.79 Å². The van der Waals surface area contributed by atoms with Crippen molar-refractivity contribution >= 4 is 11.9 Å². The fourth-order valence-corrected chi connectivity index (χ4v) is 0.634. The number of anilines is 1. The van der Waals surface area contributed by atoms with Crippen molar-refractivity contribution in [1.82, 2.24) is 9.97 Å². The summed E-state index contributed by atoms with van der Waals surface area (Å²) in [5.41, 5.74) is 3.30. The average Bonchev–Trinajstić information content (AvgIpc) is 1.96. The second-order valence-electron chi connectivity index (χ2n) is 1.95. The quantitative estimate of drug-likeness (QED) is 0.418.